The predicted molar refractivity (Wildman–Crippen MR) is 96.5 cm³/mol. The Kier molecular flexibility index (Phi) is 4.79. The van der Waals surface area contributed by atoms with Crippen LogP contribution in [0.15, 0.2) is 24.3 Å². The quantitative estimate of drug-likeness (QED) is 0.718. The van der Waals surface area contributed by atoms with E-state index in [1.165, 1.54) is 7.11 Å². The molecule has 0 bridgehead atoms. The number of H-pyrrole nitrogens is 1. The van der Waals surface area contributed by atoms with E-state index in [0.717, 1.165) is 12.8 Å². The fourth-order valence-corrected chi connectivity index (χ4v) is 2.78. The molecule has 2 amide bonds. The Labute approximate surface area is 151 Å². The lowest BCUT2D eigenvalue weighted by molar-refractivity contribution is 0.0599. The summed E-state index contributed by atoms with van der Waals surface area (Å²) in [6.45, 7) is 3.40. The molecular weight excluding hydrogens is 334 g/mol. The highest BCUT2D eigenvalue weighted by molar-refractivity contribution is 6.07. The Balaban J connectivity index is 1.72. The molecule has 2 aromatic rings. The van der Waals surface area contributed by atoms with Gasteiger partial charge in [0, 0.05) is 23.0 Å². The van der Waals surface area contributed by atoms with Crippen molar-refractivity contribution in [2.75, 3.05) is 12.4 Å². The molecule has 26 heavy (non-hydrogen) atoms. The molecule has 1 aliphatic rings. The third-order valence-corrected chi connectivity index (χ3v) is 4.37. The first-order valence-corrected chi connectivity index (χ1v) is 8.40. The number of aryl methyl sites for hydroxylation is 1. The van der Waals surface area contributed by atoms with Crippen LogP contribution in [0.25, 0.3) is 0 Å². The van der Waals surface area contributed by atoms with E-state index in [-0.39, 0.29) is 11.8 Å². The van der Waals surface area contributed by atoms with Gasteiger partial charge in [0.25, 0.3) is 11.8 Å². The topological polar surface area (TPSA) is 100 Å². The standard InChI is InChI=1S/C19H21N3O4/c1-10-15(19(25)26-3)11(2)20-16(10)18(24)22-13-6-4-12(5-7-13)17(23)21-14-8-9-14/h4-7,14,20H,8-9H2,1-3H3,(H,21,23)(H,22,24). The third kappa shape index (κ3) is 3.61. The minimum Gasteiger partial charge on any atom is -0.465 e. The minimum absolute atomic E-state index is 0.107. The number of ether oxygens (including phenoxy) is 1. The summed E-state index contributed by atoms with van der Waals surface area (Å²) in [4.78, 5) is 39.2. The second-order valence-corrected chi connectivity index (χ2v) is 6.40. The van der Waals surface area contributed by atoms with Crippen LogP contribution in [0.2, 0.25) is 0 Å². The van der Waals surface area contributed by atoms with Gasteiger partial charge in [0.2, 0.25) is 0 Å². The normalized spacial score (nSPS) is 13.2. The van der Waals surface area contributed by atoms with Crippen LogP contribution in [-0.4, -0.2) is 35.9 Å². The molecular formula is C19H21N3O4. The number of aromatic nitrogens is 1. The van der Waals surface area contributed by atoms with E-state index in [2.05, 4.69) is 15.6 Å². The van der Waals surface area contributed by atoms with Gasteiger partial charge >= 0.3 is 5.97 Å². The van der Waals surface area contributed by atoms with Crippen LogP contribution in [0.5, 0.6) is 0 Å². The van der Waals surface area contributed by atoms with E-state index in [1.807, 2.05) is 0 Å². The van der Waals surface area contributed by atoms with Gasteiger partial charge in [-0.2, -0.15) is 0 Å². The highest BCUT2D eigenvalue weighted by Crippen LogP contribution is 2.21. The molecule has 0 spiro atoms. The number of benzene rings is 1. The second-order valence-electron chi connectivity index (χ2n) is 6.40. The van der Waals surface area contributed by atoms with Gasteiger partial charge in [-0.3, -0.25) is 9.59 Å². The highest BCUT2D eigenvalue weighted by atomic mass is 16.5. The number of aromatic amines is 1. The number of anilines is 1. The van der Waals surface area contributed by atoms with Crippen molar-refractivity contribution < 1.29 is 19.1 Å². The molecule has 1 saturated carbocycles. The molecule has 7 heteroatoms. The van der Waals surface area contributed by atoms with Crippen LogP contribution < -0.4 is 10.6 Å². The molecule has 1 aromatic carbocycles. The van der Waals surface area contributed by atoms with Crippen molar-refractivity contribution in [3.05, 3.63) is 52.3 Å². The molecule has 3 rings (SSSR count). The first kappa shape index (κ1) is 17.7. The van der Waals surface area contributed by atoms with Gasteiger partial charge in [-0.1, -0.05) is 0 Å². The zero-order valence-corrected chi connectivity index (χ0v) is 14.9. The molecule has 0 saturated heterocycles. The van der Waals surface area contributed by atoms with Crippen molar-refractivity contribution in [1.29, 1.82) is 0 Å². The predicted octanol–water partition coefficient (Wildman–Crippen LogP) is 2.56. The number of carbonyl (C=O) groups excluding carboxylic acids is 3. The molecule has 1 fully saturated rings. The lowest BCUT2D eigenvalue weighted by Crippen LogP contribution is -2.25. The average Bonchev–Trinajstić information content (AvgIpc) is 3.38. The Morgan fingerprint density at radius 3 is 2.31 bits per heavy atom. The van der Waals surface area contributed by atoms with Crippen LogP contribution >= 0.6 is 0 Å². The third-order valence-electron chi connectivity index (χ3n) is 4.37. The largest absolute Gasteiger partial charge is 0.465 e. The zero-order valence-electron chi connectivity index (χ0n) is 14.9. The van der Waals surface area contributed by atoms with Gasteiger partial charge in [0.1, 0.15) is 5.69 Å². The molecule has 0 aliphatic heterocycles. The van der Waals surface area contributed by atoms with Crippen LogP contribution in [0.1, 0.15) is 55.3 Å². The summed E-state index contributed by atoms with van der Waals surface area (Å²) in [6.07, 6.45) is 2.06. The number of methoxy groups -OCH3 is 1. The maximum atomic E-state index is 12.5. The van der Waals surface area contributed by atoms with Gasteiger partial charge in [0.05, 0.1) is 12.7 Å². The number of rotatable bonds is 5. The number of nitrogens with one attached hydrogen (secondary N) is 3. The summed E-state index contributed by atoms with van der Waals surface area (Å²) >= 11 is 0. The fourth-order valence-electron chi connectivity index (χ4n) is 2.78. The van der Waals surface area contributed by atoms with E-state index >= 15 is 0 Å². The first-order chi connectivity index (χ1) is 12.4. The fraction of sp³-hybridized carbons (Fsp3) is 0.316. The molecule has 0 unspecified atom stereocenters. The molecule has 0 radical (unpaired) electrons. The Morgan fingerprint density at radius 2 is 1.73 bits per heavy atom. The van der Waals surface area contributed by atoms with Gasteiger partial charge in [0.15, 0.2) is 0 Å². The molecule has 3 N–H and O–H groups in total. The van der Waals surface area contributed by atoms with Crippen LogP contribution in [0.3, 0.4) is 0 Å². The van der Waals surface area contributed by atoms with Crippen molar-refractivity contribution in [2.24, 2.45) is 0 Å². The minimum atomic E-state index is -0.485. The lowest BCUT2D eigenvalue weighted by Gasteiger charge is -2.07. The summed E-state index contributed by atoms with van der Waals surface area (Å²) in [5.41, 5.74) is 2.89. The summed E-state index contributed by atoms with van der Waals surface area (Å²) in [6, 6.07) is 6.98. The van der Waals surface area contributed by atoms with Crippen molar-refractivity contribution in [3.63, 3.8) is 0 Å². The van der Waals surface area contributed by atoms with Crippen LogP contribution in [0.4, 0.5) is 5.69 Å². The smallest absolute Gasteiger partial charge is 0.339 e. The van der Waals surface area contributed by atoms with Crippen LogP contribution in [-0.2, 0) is 4.74 Å². The first-order valence-electron chi connectivity index (χ1n) is 8.40. The Morgan fingerprint density at radius 1 is 1.08 bits per heavy atom. The summed E-state index contributed by atoms with van der Waals surface area (Å²) in [5.74, 6) is -0.957. The van der Waals surface area contributed by atoms with Gasteiger partial charge in [-0.05, 0) is 56.5 Å². The molecule has 1 aliphatic carbocycles. The van der Waals surface area contributed by atoms with Gasteiger partial charge in [-0.15, -0.1) is 0 Å². The number of carbonyl (C=O) groups is 3. The molecule has 1 heterocycles. The number of hydrogen-bond acceptors (Lipinski definition) is 4. The van der Waals surface area contributed by atoms with E-state index in [0.29, 0.717) is 39.8 Å². The van der Waals surface area contributed by atoms with Gasteiger partial charge < -0.3 is 20.4 Å². The summed E-state index contributed by atoms with van der Waals surface area (Å²) in [7, 11) is 1.30. The molecule has 1 aromatic heterocycles. The zero-order chi connectivity index (χ0) is 18.8. The van der Waals surface area contributed by atoms with Crippen molar-refractivity contribution >= 4 is 23.5 Å². The van der Waals surface area contributed by atoms with E-state index in [1.54, 1.807) is 38.1 Å². The second kappa shape index (κ2) is 7.03. The van der Waals surface area contributed by atoms with E-state index in [9.17, 15) is 14.4 Å². The summed E-state index contributed by atoms with van der Waals surface area (Å²) in [5, 5.41) is 5.68. The highest BCUT2D eigenvalue weighted by Gasteiger charge is 2.24. The monoisotopic (exact) mass is 355 g/mol. The molecule has 0 atom stereocenters. The molecule has 136 valence electrons. The summed E-state index contributed by atoms with van der Waals surface area (Å²) < 4.78 is 4.75. The number of hydrogen-bond donors (Lipinski definition) is 3. The Bertz CT molecular complexity index is 864. The Hall–Kier alpha value is -3.09. The number of esters is 1. The van der Waals surface area contributed by atoms with E-state index < -0.39 is 5.97 Å². The maximum Gasteiger partial charge on any atom is 0.339 e. The maximum absolute atomic E-state index is 12.5. The number of amides is 2. The SMILES string of the molecule is COC(=O)c1c(C)[nH]c(C(=O)Nc2ccc(C(=O)NC3CC3)cc2)c1C. The van der Waals surface area contributed by atoms with Crippen molar-refractivity contribution in [3.8, 4) is 0 Å². The van der Waals surface area contributed by atoms with E-state index in [4.69, 9.17) is 4.74 Å². The average molecular weight is 355 g/mol. The van der Waals surface area contributed by atoms with Crippen molar-refractivity contribution in [2.45, 2.75) is 32.7 Å². The van der Waals surface area contributed by atoms with Gasteiger partial charge in [-0.25, -0.2) is 4.79 Å². The molecule has 7 nitrogen and oxygen atoms in total. The lowest BCUT2D eigenvalue weighted by atomic mass is 10.1. The van der Waals surface area contributed by atoms with Crippen LogP contribution in [0, 0.1) is 13.8 Å². The van der Waals surface area contributed by atoms with Crippen molar-refractivity contribution in [1.82, 2.24) is 10.3 Å².